The van der Waals surface area contributed by atoms with E-state index in [-0.39, 0.29) is 22.6 Å². The third kappa shape index (κ3) is 10.1. The van der Waals surface area contributed by atoms with Crippen molar-refractivity contribution in [1.29, 1.82) is 0 Å². The lowest BCUT2D eigenvalue weighted by molar-refractivity contribution is -0.139. The van der Waals surface area contributed by atoms with Crippen molar-refractivity contribution in [3.05, 3.63) is 89.5 Å². The molecule has 0 spiro atoms. The lowest BCUT2D eigenvalue weighted by Crippen LogP contribution is -2.42. The van der Waals surface area contributed by atoms with E-state index in [2.05, 4.69) is 12.2 Å². The van der Waals surface area contributed by atoms with E-state index < -0.39 is 33.7 Å². The van der Waals surface area contributed by atoms with Crippen LogP contribution >= 0.6 is 0 Å². The fourth-order valence-electron chi connectivity index (χ4n) is 3.99. The van der Waals surface area contributed by atoms with Gasteiger partial charge in [-0.1, -0.05) is 50.8 Å². The summed E-state index contributed by atoms with van der Waals surface area (Å²) in [6.45, 7) is 2.80. The number of amides is 1. The molecule has 0 bridgehead atoms. The van der Waals surface area contributed by atoms with Crippen molar-refractivity contribution in [1.82, 2.24) is 5.32 Å². The first kappa shape index (κ1) is 31.3. The molecule has 0 saturated heterocycles. The van der Waals surface area contributed by atoms with Gasteiger partial charge in [-0.05, 0) is 66.6 Å². The average molecular weight is 582 g/mol. The van der Waals surface area contributed by atoms with Crippen LogP contribution in [0.4, 0.5) is 0 Å². The maximum atomic E-state index is 12.6. The molecule has 0 aliphatic rings. The standard InChI is InChI=1S/C31H35NO8S/c1-3-4-5-6-7-19-39-25-17-13-23(14-18-25)31(36)40-26-15-11-22(12-16-26)20-28(30(34)35)32-29(33)24-9-8-10-27(21-24)41(2,37)38/h8-18,21,28H,3-7,19-20H2,1-2H3,(H,32,33)(H,34,35). The maximum Gasteiger partial charge on any atom is 0.343 e. The number of rotatable bonds is 15. The fourth-order valence-corrected chi connectivity index (χ4v) is 4.65. The summed E-state index contributed by atoms with van der Waals surface area (Å²) in [5.41, 5.74) is 0.972. The average Bonchev–Trinajstić information content (AvgIpc) is 2.95. The molecule has 3 aromatic carbocycles. The van der Waals surface area contributed by atoms with Gasteiger partial charge in [0, 0.05) is 18.2 Å². The molecule has 0 fully saturated rings. The van der Waals surface area contributed by atoms with Crippen molar-refractivity contribution >= 4 is 27.7 Å². The number of carbonyl (C=O) groups excluding carboxylic acids is 2. The molecule has 0 saturated carbocycles. The van der Waals surface area contributed by atoms with Gasteiger partial charge in [0.05, 0.1) is 17.1 Å². The molecule has 41 heavy (non-hydrogen) atoms. The van der Waals surface area contributed by atoms with E-state index in [1.165, 1.54) is 43.5 Å². The van der Waals surface area contributed by atoms with Crippen LogP contribution in [0.3, 0.4) is 0 Å². The molecular formula is C31H35NO8S. The first-order valence-electron chi connectivity index (χ1n) is 13.4. The van der Waals surface area contributed by atoms with E-state index in [0.717, 1.165) is 19.1 Å². The smallest absolute Gasteiger partial charge is 0.343 e. The first-order valence-corrected chi connectivity index (χ1v) is 15.3. The molecule has 0 aliphatic carbocycles. The molecule has 3 aromatic rings. The van der Waals surface area contributed by atoms with Crippen LogP contribution in [0.5, 0.6) is 11.5 Å². The van der Waals surface area contributed by atoms with Gasteiger partial charge in [-0.15, -0.1) is 0 Å². The van der Waals surface area contributed by atoms with Gasteiger partial charge in [0.25, 0.3) is 5.91 Å². The van der Waals surface area contributed by atoms with Crippen LogP contribution in [0, 0.1) is 0 Å². The van der Waals surface area contributed by atoms with Crippen LogP contribution in [-0.4, -0.2) is 50.3 Å². The monoisotopic (exact) mass is 581 g/mol. The largest absolute Gasteiger partial charge is 0.494 e. The number of hydrogen-bond donors (Lipinski definition) is 2. The Morgan fingerprint density at radius 2 is 1.51 bits per heavy atom. The summed E-state index contributed by atoms with van der Waals surface area (Å²) in [6.07, 6.45) is 6.72. The molecule has 1 unspecified atom stereocenters. The van der Waals surface area contributed by atoms with E-state index >= 15 is 0 Å². The molecule has 3 rings (SSSR count). The lowest BCUT2D eigenvalue weighted by Gasteiger charge is -2.15. The summed E-state index contributed by atoms with van der Waals surface area (Å²) in [5.74, 6) is -1.55. The zero-order valence-corrected chi connectivity index (χ0v) is 24.0. The van der Waals surface area contributed by atoms with Gasteiger partial charge in [-0.25, -0.2) is 18.0 Å². The summed E-state index contributed by atoms with van der Waals surface area (Å²) in [4.78, 5) is 37.0. The second-order valence-electron chi connectivity index (χ2n) is 9.69. The van der Waals surface area contributed by atoms with Crippen LogP contribution in [0.25, 0.3) is 0 Å². The Labute approximate surface area is 240 Å². The Morgan fingerprint density at radius 1 is 0.854 bits per heavy atom. The molecule has 1 atom stereocenters. The Bertz CT molecular complexity index is 1430. The zero-order valence-electron chi connectivity index (χ0n) is 23.2. The van der Waals surface area contributed by atoms with Crippen LogP contribution < -0.4 is 14.8 Å². The molecule has 1 amide bonds. The van der Waals surface area contributed by atoms with Gasteiger partial charge in [0.1, 0.15) is 17.5 Å². The molecule has 9 nitrogen and oxygen atoms in total. The number of carboxylic acids is 1. The van der Waals surface area contributed by atoms with Crippen LogP contribution in [-0.2, 0) is 21.1 Å². The van der Waals surface area contributed by atoms with E-state index in [1.807, 2.05) is 0 Å². The fraction of sp³-hybridized carbons (Fsp3) is 0.323. The van der Waals surface area contributed by atoms with Gasteiger partial charge in [0.2, 0.25) is 0 Å². The number of esters is 1. The van der Waals surface area contributed by atoms with Crippen molar-refractivity contribution < 1.29 is 37.4 Å². The molecule has 0 radical (unpaired) electrons. The number of hydrogen-bond acceptors (Lipinski definition) is 7. The van der Waals surface area contributed by atoms with Gasteiger partial charge in [-0.2, -0.15) is 0 Å². The lowest BCUT2D eigenvalue weighted by atomic mass is 10.1. The highest BCUT2D eigenvalue weighted by Crippen LogP contribution is 2.18. The topological polar surface area (TPSA) is 136 Å². The summed E-state index contributed by atoms with van der Waals surface area (Å²) in [7, 11) is -3.53. The first-order chi connectivity index (χ1) is 19.6. The van der Waals surface area contributed by atoms with Gasteiger partial charge >= 0.3 is 11.9 Å². The number of carbonyl (C=O) groups is 3. The number of sulfone groups is 1. The molecular weight excluding hydrogens is 546 g/mol. The predicted octanol–water partition coefficient (Wildman–Crippen LogP) is 5.08. The predicted molar refractivity (Wildman–Crippen MR) is 154 cm³/mol. The zero-order chi connectivity index (χ0) is 29.8. The maximum absolute atomic E-state index is 12.6. The third-order valence-electron chi connectivity index (χ3n) is 6.31. The number of ether oxygens (including phenoxy) is 2. The highest BCUT2D eigenvalue weighted by atomic mass is 32.2. The molecule has 218 valence electrons. The number of carboxylic acid groups (broad SMARTS) is 1. The van der Waals surface area contributed by atoms with Crippen molar-refractivity contribution in [2.75, 3.05) is 12.9 Å². The van der Waals surface area contributed by atoms with Gasteiger partial charge in [-0.3, -0.25) is 4.79 Å². The minimum Gasteiger partial charge on any atom is -0.494 e. The minimum atomic E-state index is -3.53. The normalized spacial score (nSPS) is 11.9. The van der Waals surface area contributed by atoms with Crippen LogP contribution in [0.2, 0.25) is 0 Å². The second kappa shape index (κ2) is 15.0. The van der Waals surface area contributed by atoms with Crippen molar-refractivity contribution in [2.45, 2.75) is 56.4 Å². The number of aliphatic carboxylic acids is 1. The van der Waals surface area contributed by atoms with E-state index in [0.29, 0.717) is 23.5 Å². The molecule has 0 heterocycles. The Kier molecular flexibility index (Phi) is 11.5. The van der Waals surface area contributed by atoms with E-state index in [4.69, 9.17) is 9.47 Å². The summed E-state index contributed by atoms with van der Waals surface area (Å²) >= 11 is 0. The second-order valence-corrected chi connectivity index (χ2v) is 11.7. The van der Waals surface area contributed by atoms with Crippen molar-refractivity contribution in [2.24, 2.45) is 0 Å². The Balaban J connectivity index is 1.54. The minimum absolute atomic E-state index is 0.0310. The quantitative estimate of drug-likeness (QED) is 0.144. The van der Waals surface area contributed by atoms with Gasteiger partial charge < -0.3 is 19.9 Å². The number of nitrogens with one attached hydrogen (secondary N) is 1. The number of benzene rings is 3. The molecule has 0 aliphatic heterocycles. The summed E-state index contributed by atoms with van der Waals surface area (Å²) < 4.78 is 34.7. The van der Waals surface area contributed by atoms with Crippen LogP contribution in [0.15, 0.2) is 77.7 Å². The SMILES string of the molecule is CCCCCCCOc1ccc(C(=O)Oc2ccc(CC(NC(=O)c3cccc(S(C)(=O)=O)c3)C(=O)O)cc2)cc1. The van der Waals surface area contributed by atoms with Gasteiger partial charge in [0.15, 0.2) is 9.84 Å². The van der Waals surface area contributed by atoms with Crippen LogP contribution in [0.1, 0.15) is 65.3 Å². The van der Waals surface area contributed by atoms with Crippen molar-refractivity contribution in [3.63, 3.8) is 0 Å². The Morgan fingerprint density at radius 3 is 2.15 bits per heavy atom. The summed E-state index contributed by atoms with van der Waals surface area (Å²) in [6, 6.07) is 17.1. The van der Waals surface area contributed by atoms with E-state index in [9.17, 15) is 27.9 Å². The molecule has 0 aromatic heterocycles. The molecule has 10 heteroatoms. The highest BCUT2D eigenvalue weighted by molar-refractivity contribution is 7.90. The van der Waals surface area contributed by atoms with Crippen molar-refractivity contribution in [3.8, 4) is 11.5 Å². The highest BCUT2D eigenvalue weighted by Gasteiger charge is 2.22. The number of unbranched alkanes of at least 4 members (excludes halogenated alkanes) is 4. The van der Waals surface area contributed by atoms with E-state index in [1.54, 1.807) is 48.5 Å². The summed E-state index contributed by atoms with van der Waals surface area (Å²) in [5, 5.41) is 12.1. The Hall–Kier alpha value is -4.18. The molecule has 2 N–H and O–H groups in total. The third-order valence-corrected chi connectivity index (χ3v) is 7.42.